The zero-order valence-electron chi connectivity index (χ0n) is 11.1. The summed E-state index contributed by atoms with van der Waals surface area (Å²) >= 11 is 0. The number of hydrogen-bond donors (Lipinski definition) is 2. The first-order valence-corrected chi connectivity index (χ1v) is 6.43. The number of nitrogens with one attached hydrogen (secondary N) is 1. The van der Waals surface area contributed by atoms with Gasteiger partial charge in [-0.3, -0.25) is 9.88 Å². The Morgan fingerprint density at radius 2 is 2.37 bits per heavy atom. The minimum absolute atomic E-state index is 0.128. The highest BCUT2D eigenvalue weighted by Gasteiger charge is 2.29. The molecule has 2 heterocycles. The van der Waals surface area contributed by atoms with Crippen LogP contribution in [0, 0.1) is 0 Å². The van der Waals surface area contributed by atoms with Crippen molar-refractivity contribution < 1.29 is 9.53 Å². The van der Waals surface area contributed by atoms with Gasteiger partial charge in [-0.25, -0.2) is 4.79 Å². The topological polar surface area (TPSA) is 80.5 Å². The van der Waals surface area contributed by atoms with E-state index in [1.807, 2.05) is 12.1 Å². The number of alkyl carbamates (subject to hydrolysis) is 1. The molecule has 6 heteroatoms. The van der Waals surface area contributed by atoms with Gasteiger partial charge in [0.15, 0.2) is 0 Å². The largest absolute Gasteiger partial charge is 0.453 e. The van der Waals surface area contributed by atoms with Crippen LogP contribution in [0.1, 0.15) is 18.0 Å². The predicted octanol–water partition coefficient (Wildman–Crippen LogP) is 0.512. The van der Waals surface area contributed by atoms with E-state index >= 15 is 0 Å². The molecule has 1 aromatic heterocycles. The van der Waals surface area contributed by atoms with Crippen molar-refractivity contribution in [2.45, 2.75) is 18.5 Å². The Morgan fingerprint density at radius 3 is 3.00 bits per heavy atom. The predicted molar refractivity (Wildman–Crippen MR) is 71.6 cm³/mol. The van der Waals surface area contributed by atoms with Crippen LogP contribution in [0.15, 0.2) is 24.5 Å². The lowest BCUT2D eigenvalue weighted by atomic mass is 10.1. The van der Waals surface area contributed by atoms with Gasteiger partial charge in [0.2, 0.25) is 0 Å². The average molecular weight is 264 g/mol. The number of amides is 1. The lowest BCUT2D eigenvalue weighted by Gasteiger charge is -2.27. The van der Waals surface area contributed by atoms with Crippen LogP contribution in [-0.4, -0.2) is 48.8 Å². The van der Waals surface area contributed by atoms with E-state index < -0.39 is 0 Å². The van der Waals surface area contributed by atoms with Gasteiger partial charge >= 0.3 is 6.09 Å². The molecule has 104 valence electrons. The molecule has 0 aliphatic carbocycles. The van der Waals surface area contributed by atoms with E-state index in [0.29, 0.717) is 6.54 Å². The summed E-state index contributed by atoms with van der Waals surface area (Å²) < 4.78 is 4.62. The number of likely N-dealkylation sites (tertiary alicyclic amines) is 1. The maximum absolute atomic E-state index is 11.2. The third-order valence-electron chi connectivity index (χ3n) is 3.48. The summed E-state index contributed by atoms with van der Waals surface area (Å²) in [6, 6.07) is 4.27. The van der Waals surface area contributed by atoms with Gasteiger partial charge in [0.05, 0.1) is 7.11 Å². The first kappa shape index (κ1) is 13.8. The summed E-state index contributed by atoms with van der Waals surface area (Å²) in [6.45, 7) is 2.26. The average Bonchev–Trinajstić information content (AvgIpc) is 2.89. The van der Waals surface area contributed by atoms with Crippen LogP contribution in [-0.2, 0) is 4.74 Å². The van der Waals surface area contributed by atoms with Crippen LogP contribution in [0.4, 0.5) is 4.79 Å². The SMILES string of the molecule is COC(=O)NC1CCN(C(CN)c2ccncc2)C1. The van der Waals surface area contributed by atoms with E-state index in [4.69, 9.17) is 5.73 Å². The molecule has 1 aromatic rings. The molecule has 1 saturated heterocycles. The van der Waals surface area contributed by atoms with Gasteiger partial charge in [-0.1, -0.05) is 0 Å². The summed E-state index contributed by atoms with van der Waals surface area (Å²) in [5.41, 5.74) is 7.05. The standard InChI is InChI=1S/C13H20N4O2/c1-19-13(18)16-11-4-7-17(9-11)12(8-14)10-2-5-15-6-3-10/h2-3,5-6,11-12H,4,7-9,14H2,1H3,(H,16,18). The van der Waals surface area contributed by atoms with Gasteiger partial charge in [0.1, 0.15) is 0 Å². The van der Waals surface area contributed by atoms with Crippen LogP contribution >= 0.6 is 0 Å². The highest BCUT2D eigenvalue weighted by atomic mass is 16.5. The molecule has 2 unspecified atom stereocenters. The summed E-state index contributed by atoms with van der Waals surface area (Å²) in [5.74, 6) is 0. The molecule has 3 N–H and O–H groups in total. The Hall–Kier alpha value is -1.66. The van der Waals surface area contributed by atoms with Crippen LogP contribution in [0.5, 0.6) is 0 Å². The minimum atomic E-state index is -0.375. The second kappa shape index (κ2) is 6.49. The molecular weight excluding hydrogens is 244 g/mol. The van der Waals surface area contributed by atoms with E-state index in [9.17, 15) is 4.79 Å². The highest BCUT2D eigenvalue weighted by molar-refractivity contribution is 5.67. The fraction of sp³-hybridized carbons (Fsp3) is 0.538. The number of methoxy groups -OCH3 is 1. The first-order valence-electron chi connectivity index (χ1n) is 6.43. The lowest BCUT2D eigenvalue weighted by molar-refractivity contribution is 0.165. The number of rotatable bonds is 4. The zero-order valence-corrected chi connectivity index (χ0v) is 11.1. The van der Waals surface area contributed by atoms with Gasteiger partial charge < -0.3 is 15.8 Å². The van der Waals surface area contributed by atoms with E-state index in [2.05, 4.69) is 19.9 Å². The summed E-state index contributed by atoms with van der Waals surface area (Å²) in [4.78, 5) is 17.5. The molecule has 0 bridgehead atoms. The maximum Gasteiger partial charge on any atom is 0.407 e. The Labute approximate surface area is 112 Å². The van der Waals surface area contributed by atoms with Crippen LogP contribution < -0.4 is 11.1 Å². The van der Waals surface area contributed by atoms with E-state index in [-0.39, 0.29) is 18.2 Å². The highest BCUT2D eigenvalue weighted by Crippen LogP contribution is 2.23. The molecule has 0 saturated carbocycles. The van der Waals surface area contributed by atoms with Crippen molar-refractivity contribution in [3.8, 4) is 0 Å². The monoisotopic (exact) mass is 264 g/mol. The number of nitrogens with two attached hydrogens (primary N) is 1. The fourth-order valence-corrected chi connectivity index (χ4v) is 2.50. The quantitative estimate of drug-likeness (QED) is 0.828. The molecule has 1 aliphatic rings. The Morgan fingerprint density at radius 1 is 1.63 bits per heavy atom. The molecule has 0 spiro atoms. The number of pyridine rings is 1. The van der Waals surface area contributed by atoms with Crippen molar-refractivity contribution in [1.82, 2.24) is 15.2 Å². The van der Waals surface area contributed by atoms with Gasteiger partial charge in [0.25, 0.3) is 0 Å². The van der Waals surface area contributed by atoms with Gasteiger partial charge in [-0.15, -0.1) is 0 Å². The molecule has 0 aromatic carbocycles. The van der Waals surface area contributed by atoms with Crippen molar-refractivity contribution in [3.63, 3.8) is 0 Å². The molecule has 1 aliphatic heterocycles. The Kier molecular flexibility index (Phi) is 4.70. The Bertz CT molecular complexity index is 412. The lowest BCUT2D eigenvalue weighted by Crippen LogP contribution is -2.39. The number of hydrogen-bond acceptors (Lipinski definition) is 5. The molecule has 1 fully saturated rings. The molecule has 0 radical (unpaired) electrons. The van der Waals surface area contributed by atoms with Crippen molar-refractivity contribution in [2.24, 2.45) is 5.73 Å². The fourth-order valence-electron chi connectivity index (χ4n) is 2.50. The number of aromatic nitrogens is 1. The third-order valence-corrected chi connectivity index (χ3v) is 3.48. The van der Waals surface area contributed by atoms with Crippen molar-refractivity contribution >= 4 is 6.09 Å². The van der Waals surface area contributed by atoms with Crippen LogP contribution in [0.25, 0.3) is 0 Å². The molecule has 19 heavy (non-hydrogen) atoms. The molecular formula is C13H20N4O2. The summed E-state index contributed by atoms with van der Waals surface area (Å²) in [7, 11) is 1.38. The number of nitrogens with zero attached hydrogens (tertiary/aromatic N) is 2. The van der Waals surface area contributed by atoms with Gasteiger partial charge in [-0.05, 0) is 24.1 Å². The Balaban J connectivity index is 1.97. The summed E-state index contributed by atoms with van der Waals surface area (Å²) in [5, 5.41) is 2.83. The normalized spacial score (nSPS) is 21.1. The molecule has 1 amide bonds. The van der Waals surface area contributed by atoms with E-state index in [1.54, 1.807) is 12.4 Å². The third kappa shape index (κ3) is 3.42. The number of carbonyl (C=O) groups is 1. The minimum Gasteiger partial charge on any atom is -0.453 e. The first-order chi connectivity index (χ1) is 9.24. The van der Waals surface area contributed by atoms with Crippen molar-refractivity contribution in [2.75, 3.05) is 26.7 Å². The summed E-state index contributed by atoms with van der Waals surface area (Å²) in [6.07, 6.45) is 4.09. The van der Waals surface area contributed by atoms with Crippen LogP contribution in [0.3, 0.4) is 0 Å². The second-order valence-electron chi connectivity index (χ2n) is 4.65. The van der Waals surface area contributed by atoms with Crippen molar-refractivity contribution in [1.29, 1.82) is 0 Å². The number of carbonyl (C=O) groups excluding carboxylic acids is 1. The molecule has 6 nitrogen and oxygen atoms in total. The van der Waals surface area contributed by atoms with E-state index in [1.165, 1.54) is 7.11 Å². The van der Waals surface area contributed by atoms with Gasteiger partial charge in [0, 0.05) is 44.1 Å². The molecule has 2 rings (SSSR count). The van der Waals surface area contributed by atoms with Gasteiger partial charge in [-0.2, -0.15) is 0 Å². The maximum atomic E-state index is 11.2. The second-order valence-corrected chi connectivity index (χ2v) is 4.65. The number of ether oxygens (including phenoxy) is 1. The van der Waals surface area contributed by atoms with Crippen molar-refractivity contribution in [3.05, 3.63) is 30.1 Å². The van der Waals surface area contributed by atoms with Crippen LogP contribution in [0.2, 0.25) is 0 Å². The molecule has 2 atom stereocenters. The smallest absolute Gasteiger partial charge is 0.407 e. The van der Waals surface area contributed by atoms with E-state index in [0.717, 1.165) is 25.1 Å². The zero-order chi connectivity index (χ0) is 13.7.